The van der Waals surface area contributed by atoms with Crippen LogP contribution in [0, 0.1) is 0 Å². The summed E-state index contributed by atoms with van der Waals surface area (Å²) in [5, 5.41) is 4.88. The van der Waals surface area contributed by atoms with E-state index in [9.17, 15) is 9.59 Å². The maximum Gasteiger partial charge on any atom is 0.255 e. The first-order valence-electron chi connectivity index (χ1n) is 11.1. The highest BCUT2D eigenvalue weighted by Gasteiger charge is 2.48. The second-order valence-electron chi connectivity index (χ2n) is 8.65. The van der Waals surface area contributed by atoms with Crippen LogP contribution in [0.4, 0.5) is 0 Å². The summed E-state index contributed by atoms with van der Waals surface area (Å²) in [5.74, 6) is -0.205. The maximum absolute atomic E-state index is 13.4. The lowest BCUT2D eigenvalue weighted by atomic mass is 9.90. The zero-order valence-corrected chi connectivity index (χ0v) is 18.6. The Kier molecular flexibility index (Phi) is 4.73. The van der Waals surface area contributed by atoms with E-state index in [0.29, 0.717) is 30.0 Å². The molecule has 1 aromatic heterocycles. The van der Waals surface area contributed by atoms with Gasteiger partial charge < -0.3 is 15.2 Å². The van der Waals surface area contributed by atoms with Gasteiger partial charge in [-0.15, -0.1) is 0 Å². The number of H-pyrrole nitrogens is 1. The van der Waals surface area contributed by atoms with Crippen LogP contribution in [0.15, 0.2) is 72.8 Å². The van der Waals surface area contributed by atoms with Crippen LogP contribution in [-0.2, 0) is 17.6 Å². The Hall–Kier alpha value is -3.57. The first-order valence-corrected chi connectivity index (χ1v) is 11.5. The average molecular weight is 456 g/mol. The highest BCUT2D eigenvalue weighted by Crippen LogP contribution is 2.46. The van der Waals surface area contributed by atoms with Crippen LogP contribution in [0.2, 0.25) is 5.02 Å². The number of hydrogen-bond donors (Lipinski definition) is 2. The van der Waals surface area contributed by atoms with Gasteiger partial charge >= 0.3 is 0 Å². The molecule has 2 atom stereocenters. The second-order valence-corrected chi connectivity index (χ2v) is 9.09. The Balaban J connectivity index is 1.34. The zero-order chi connectivity index (χ0) is 22.5. The van der Waals surface area contributed by atoms with Gasteiger partial charge in [0.1, 0.15) is 6.04 Å². The number of carbonyl (C=O) groups is 2. The summed E-state index contributed by atoms with van der Waals surface area (Å²) in [6.45, 7) is 0.497. The molecule has 2 aliphatic heterocycles. The standard InChI is InChI=1S/C27H22ClN3O2/c28-17-11-9-16(10-12-17)13-14-29-26(32)23-15-21-18-5-3-4-8-22(18)30-24(21)25-19-6-1-2-7-20(19)27(33)31(23)25/h1-12,23,25,30H,13-15H2,(H,29,32)/t23-,25?/m0/s1. The summed E-state index contributed by atoms with van der Waals surface area (Å²) in [4.78, 5) is 32.1. The molecule has 1 unspecified atom stereocenters. The fraction of sp³-hybridized carbons (Fsp3) is 0.185. The van der Waals surface area contributed by atoms with E-state index < -0.39 is 6.04 Å². The molecule has 33 heavy (non-hydrogen) atoms. The molecule has 0 aliphatic carbocycles. The molecule has 0 fully saturated rings. The fourth-order valence-electron chi connectivity index (χ4n) is 5.24. The number of halogens is 1. The average Bonchev–Trinajstić information content (AvgIpc) is 3.36. The van der Waals surface area contributed by atoms with E-state index in [-0.39, 0.29) is 17.9 Å². The molecule has 0 bridgehead atoms. The first kappa shape index (κ1) is 20.1. The number of nitrogens with zero attached hydrogens (tertiary/aromatic N) is 1. The summed E-state index contributed by atoms with van der Waals surface area (Å²) >= 11 is 5.96. The molecule has 5 nitrogen and oxygen atoms in total. The molecule has 164 valence electrons. The molecule has 2 amide bonds. The molecule has 6 rings (SSSR count). The van der Waals surface area contributed by atoms with Crippen molar-refractivity contribution in [1.82, 2.24) is 15.2 Å². The molecule has 3 aromatic carbocycles. The molecule has 2 aliphatic rings. The molecule has 0 radical (unpaired) electrons. The molecule has 0 saturated carbocycles. The zero-order valence-electron chi connectivity index (χ0n) is 17.8. The Morgan fingerprint density at radius 1 is 1.03 bits per heavy atom. The lowest BCUT2D eigenvalue weighted by Crippen LogP contribution is -2.52. The van der Waals surface area contributed by atoms with E-state index in [4.69, 9.17) is 11.6 Å². The van der Waals surface area contributed by atoms with Crippen LogP contribution >= 0.6 is 11.6 Å². The van der Waals surface area contributed by atoms with Crippen LogP contribution in [0.1, 0.15) is 38.8 Å². The highest BCUT2D eigenvalue weighted by atomic mass is 35.5. The molecule has 3 heterocycles. The molecule has 2 N–H and O–H groups in total. The predicted octanol–water partition coefficient (Wildman–Crippen LogP) is 4.65. The van der Waals surface area contributed by atoms with E-state index >= 15 is 0 Å². The maximum atomic E-state index is 13.4. The monoisotopic (exact) mass is 455 g/mol. The van der Waals surface area contributed by atoms with Gasteiger partial charge in [-0.2, -0.15) is 0 Å². The van der Waals surface area contributed by atoms with E-state index in [0.717, 1.165) is 33.3 Å². The normalized spacial score (nSPS) is 18.7. The first-order chi connectivity index (χ1) is 16.1. The van der Waals surface area contributed by atoms with Gasteiger partial charge in [-0.05, 0) is 47.4 Å². The SMILES string of the molecule is O=C(NCCc1ccc(Cl)cc1)[C@@H]1Cc2c([nH]c3ccccc23)C2c3ccccc3C(=O)N21. The Morgan fingerprint density at radius 2 is 1.79 bits per heavy atom. The van der Waals surface area contributed by atoms with Crippen LogP contribution in [-0.4, -0.2) is 34.3 Å². The molecular weight excluding hydrogens is 434 g/mol. The van der Waals surface area contributed by atoms with Gasteiger partial charge in [-0.1, -0.05) is 60.1 Å². The molecule has 4 aromatic rings. The van der Waals surface area contributed by atoms with Gasteiger partial charge in [0.2, 0.25) is 5.91 Å². The number of carbonyl (C=O) groups excluding carboxylic acids is 2. The minimum atomic E-state index is -0.563. The van der Waals surface area contributed by atoms with E-state index in [1.807, 2.05) is 66.7 Å². The van der Waals surface area contributed by atoms with Gasteiger partial charge in [0, 0.05) is 40.1 Å². The van der Waals surface area contributed by atoms with Gasteiger partial charge in [0.05, 0.1) is 6.04 Å². The molecule has 0 spiro atoms. The van der Waals surface area contributed by atoms with Gasteiger partial charge in [0.15, 0.2) is 0 Å². The third-order valence-electron chi connectivity index (χ3n) is 6.78. The van der Waals surface area contributed by atoms with Crippen molar-refractivity contribution < 1.29 is 9.59 Å². The van der Waals surface area contributed by atoms with Crippen molar-refractivity contribution in [3.8, 4) is 0 Å². The van der Waals surface area contributed by atoms with Gasteiger partial charge in [-0.3, -0.25) is 9.59 Å². The smallest absolute Gasteiger partial charge is 0.255 e. The number of hydrogen-bond acceptors (Lipinski definition) is 2. The third-order valence-corrected chi connectivity index (χ3v) is 7.03. The number of fused-ring (bicyclic) bond motifs is 7. The largest absolute Gasteiger partial charge is 0.356 e. The minimum Gasteiger partial charge on any atom is -0.356 e. The van der Waals surface area contributed by atoms with Crippen molar-refractivity contribution in [2.75, 3.05) is 6.54 Å². The van der Waals surface area contributed by atoms with Crippen LogP contribution in [0.25, 0.3) is 10.9 Å². The minimum absolute atomic E-state index is 0.0854. The summed E-state index contributed by atoms with van der Waals surface area (Å²) in [7, 11) is 0. The molecule has 6 heteroatoms. The lowest BCUT2D eigenvalue weighted by molar-refractivity contribution is -0.126. The molecular formula is C27H22ClN3O2. The van der Waals surface area contributed by atoms with Crippen LogP contribution < -0.4 is 5.32 Å². The summed E-state index contributed by atoms with van der Waals surface area (Å²) in [6, 6.07) is 22.6. The van der Waals surface area contributed by atoms with E-state index in [1.165, 1.54) is 0 Å². The van der Waals surface area contributed by atoms with E-state index in [2.05, 4.69) is 16.4 Å². The van der Waals surface area contributed by atoms with Crippen molar-refractivity contribution >= 4 is 34.3 Å². The number of para-hydroxylation sites is 1. The van der Waals surface area contributed by atoms with Crippen molar-refractivity contribution in [1.29, 1.82) is 0 Å². The Bertz CT molecular complexity index is 1390. The summed E-state index contributed by atoms with van der Waals surface area (Å²) in [5.41, 5.74) is 5.89. The highest BCUT2D eigenvalue weighted by molar-refractivity contribution is 6.30. The van der Waals surface area contributed by atoms with Gasteiger partial charge in [0.25, 0.3) is 5.91 Å². The quantitative estimate of drug-likeness (QED) is 0.470. The number of aromatic nitrogens is 1. The van der Waals surface area contributed by atoms with Crippen molar-refractivity contribution in [3.05, 3.63) is 106 Å². The summed E-state index contributed by atoms with van der Waals surface area (Å²) < 4.78 is 0. The molecule has 0 saturated heterocycles. The van der Waals surface area contributed by atoms with Crippen molar-refractivity contribution in [3.63, 3.8) is 0 Å². The fourth-order valence-corrected chi connectivity index (χ4v) is 5.36. The Morgan fingerprint density at radius 3 is 2.64 bits per heavy atom. The topological polar surface area (TPSA) is 65.2 Å². The number of nitrogens with one attached hydrogen (secondary N) is 2. The van der Waals surface area contributed by atoms with Gasteiger partial charge in [-0.25, -0.2) is 0 Å². The lowest BCUT2D eigenvalue weighted by Gasteiger charge is -2.37. The summed E-state index contributed by atoms with van der Waals surface area (Å²) in [6.07, 6.45) is 1.19. The van der Waals surface area contributed by atoms with Crippen LogP contribution in [0.5, 0.6) is 0 Å². The Labute approximate surface area is 196 Å². The van der Waals surface area contributed by atoms with Crippen molar-refractivity contribution in [2.24, 2.45) is 0 Å². The number of amides is 2. The predicted molar refractivity (Wildman–Crippen MR) is 128 cm³/mol. The number of aromatic amines is 1. The van der Waals surface area contributed by atoms with Crippen LogP contribution in [0.3, 0.4) is 0 Å². The second kappa shape index (κ2) is 7.78. The van der Waals surface area contributed by atoms with Crippen molar-refractivity contribution in [2.45, 2.75) is 24.9 Å². The number of benzene rings is 3. The third kappa shape index (κ3) is 3.23. The number of rotatable bonds is 4. The van der Waals surface area contributed by atoms with E-state index in [1.54, 1.807) is 4.90 Å².